The van der Waals surface area contributed by atoms with Crippen LogP contribution < -0.4 is 24.4 Å². The lowest BCUT2D eigenvalue weighted by Crippen LogP contribution is -2.27. The highest BCUT2D eigenvalue weighted by Gasteiger charge is 2.29. The number of hydrogen-bond donors (Lipinski definition) is 0. The first-order valence-corrected chi connectivity index (χ1v) is 15.4. The second-order valence-corrected chi connectivity index (χ2v) is 11.9. The molecule has 2 heterocycles. The van der Waals surface area contributed by atoms with Gasteiger partial charge >= 0.3 is 5.97 Å². The zero-order chi connectivity index (χ0) is 33.0. The van der Waals surface area contributed by atoms with Crippen LogP contribution in [0.5, 0.6) is 23.0 Å². The quantitative estimate of drug-likeness (QED) is 0.0671. The van der Waals surface area contributed by atoms with E-state index in [2.05, 4.69) is 0 Å². The van der Waals surface area contributed by atoms with Crippen LogP contribution in [0, 0.1) is 5.82 Å². The molecule has 0 unspecified atom stereocenters. The van der Waals surface area contributed by atoms with Gasteiger partial charge in [0.25, 0.3) is 0 Å². The monoisotopic (exact) mass is 630 g/mol. The number of benzene rings is 3. The van der Waals surface area contributed by atoms with Crippen molar-refractivity contribution in [2.45, 2.75) is 66.1 Å². The molecule has 242 valence electrons. The van der Waals surface area contributed by atoms with Crippen LogP contribution in [0.15, 0.2) is 63.3 Å². The first kappa shape index (κ1) is 32.6. The molecule has 0 radical (unpaired) electrons. The van der Waals surface area contributed by atoms with Gasteiger partial charge in [0.1, 0.15) is 46.1 Å². The van der Waals surface area contributed by atoms with Gasteiger partial charge in [-0.1, -0.05) is 23.8 Å². The minimum Gasteiger partial charge on any atom is -0.493 e. The highest BCUT2D eigenvalue weighted by molar-refractivity contribution is 5.99. The summed E-state index contributed by atoms with van der Waals surface area (Å²) in [7, 11) is 1.53. The average Bonchev–Trinajstić information content (AvgIpc) is 3.00. The lowest BCUT2D eigenvalue weighted by Gasteiger charge is -2.29. The predicted octanol–water partition coefficient (Wildman–Crippen LogP) is 8.09. The number of esters is 1. The molecule has 0 aliphatic carbocycles. The highest BCUT2D eigenvalue weighted by atomic mass is 19.1. The summed E-state index contributed by atoms with van der Waals surface area (Å²) < 4.78 is 49.6. The third kappa shape index (κ3) is 7.03. The largest absolute Gasteiger partial charge is 0.493 e. The normalized spacial score (nSPS) is 13.2. The van der Waals surface area contributed by atoms with Crippen molar-refractivity contribution in [2.24, 2.45) is 0 Å². The lowest BCUT2D eigenvalue weighted by molar-refractivity contribution is -0.143. The molecule has 8 nitrogen and oxygen atoms in total. The summed E-state index contributed by atoms with van der Waals surface area (Å²) in [5, 5.41) is 0.601. The van der Waals surface area contributed by atoms with Crippen LogP contribution in [-0.2, 0) is 22.6 Å². The highest BCUT2D eigenvalue weighted by Crippen LogP contribution is 2.44. The van der Waals surface area contributed by atoms with Gasteiger partial charge in [-0.15, -0.1) is 0 Å². The van der Waals surface area contributed by atoms with Crippen LogP contribution >= 0.6 is 0 Å². The molecule has 5 rings (SSSR count). The Morgan fingerprint density at radius 3 is 2.46 bits per heavy atom. The topological polar surface area (TPSA) is 93.4 Å². The smallest absolute Gasteiger partial charge is 0.305 e. The maximum Gasteiger partial charge on any atom is 0.305 e. The van der Waals surface area contributed by atoms with Crippen molar-refractivity contribution in [1.29, 1.82) is 0 Å². The minimum absolute atomic E-state index is 0.147. The molecule has 0 saturated heterocycles. The summed E-state index contributed by atoms with van der Waals surface area (Å²) in [6, 6.07) is 9.40. The van der Waals surface area contributed by atoms with E-state index in [-0.39, 0.29) is 47.8 Å². The predicted molar refractivity (Wildman–Crippen MR) is 176 cm³/mol. The van der Waals surface area contributed by atoms with Crippen LogP contribution in [0.1, 0.15) is 64.2 Å². The van der Waals surface area contributed by atoms with E-state index >= 15 is 0 Å². The molecule has 46 heavy (non-hydrogen) atoms. The second kappa shape index (κ2) is 13.7. The van der Waals surface area contributed by atoms with Gasteiger partial charge in [0.2, 0.25) is 5.43 Å². The lowest BCUT2D eigenvalue weighted by atomic mass is 9.97. The molecule has 0 bridgehead atoms. The maximum absolute atomic E-state index is 14.6. The van der Waals surface area contributed by atoms with Gasteiger partial charge in [0.15, 0.2) is 11.5 Å². The molecule has 1 aliphatic rings. The van der Waals surface area contributed by atoms with Crippen LogP contribution in [0.25, 0.3) is 28.0 Å². The number of fused-ring (bicyclic) bond motifs is 3. The van der Waals surface area contributed by atoms with E-state index in [1.807, 2.05) is 45.9 Å². The van der Waals surface area contributed by atoms with Gasteiger partial charge in [-0.2, -0.15) is 0 Å². The summed E-state index contributed by atoms with van der Waals surface area (Å²) >= 11 is 0. The maximum atomic E-state index is 14.6. The van der Waals surface area contributed by atoms with Crippen LogP contribution in [0.4, 0.5) is 4.39 Å². The summed E-state index contributed by atoms with van der Waals surface area (Å²) in [5.41, 5.74) is 2.75. The number of allylic oxidation sites excluding steroid dienone is 2. The molecule has 0 fully saturated rings. The number of carbonyl (C=O) groups excluding carboxylic acids is 1. The van der Waals surface area contributed by atoms with E-state index in [9.17, 15) is 14.0 Å². The number of hydrogen-bond acceptors (Lipinski definition) is 8. The fourth-order valence-electron chi connectivity index (χ4n) is 5.35. The van der Waals surface area contributed by atoms with Crippen molar-refractivity contribution in [3.8, 4) is 23.0 Å². The van der Waals surface area contributed by atoms with Gasteiger partial charge in [-0.05, 0) is 77.3 Å². The van der Waals surface area contributed by atoms with Gasteiger partial charge in [0.05, 0.1) is 31.3 Å². The van der Waals surface area contributed by atoms with E-state index in [0.29, 0.717) is 64.5 Å². The number of carbonyl (C=O) groups is 1. The Balaban J connectivity index is 1.69. The third-order valence-electron chi connectivity index (χ3n) is 7.56. The Bertz CT molecular complexity index is 1880. The third-order valence-corrected chi connectivity index (χ3v) is 7.56. The molecule has 0 amide bonds. The van der Waals surface area contributed by atoms with Gasteiger partial charge in [0, 0.05) is 24.1 Å². The van der Waals surface area contributed by atoms with Crippen LogP contribution in [0.2, 0.25) is 0 Å². The molecule has 9 heteroatoms. The molecule has 0 saturated carbocycles. The number of ether oxygens (including phenoxy) is 5. The fraction of sp³-hybridized carbons (Fsp3) is 0.351. The molecule has 0 N–H and O–H groups in total. The van der Waals surface area contributed by atoms with Crippen molar-refractivity contribution in [2.75, 3.05) is 20.3 Å². The van der Waals surface area contributed by atoms with E-state index in [1.165, 1.54) is 19.2 Å². The molecule has 0 atom stereocenters. The number of methoxy groups -OCH3 is 1. The first-order chi connectivity index (χ1) is 22.0. The van der Waals surface area contributed by atoms with Crippen molar-refractivity contribution in [3.63, 3.8) is 0 Å². The molecule has 1 aliphatic heterocycles. The zero-order valence-corrected chi connectivity index (χ0v) is 27.1. The molecular weight excluding hydrogens is 591 g/mol. The molecule has 0 spiro atoms. The van der Waals surface area contributed by atoms with Crippen LogP contribution in [-0.4, -0.2) is 31.9 Å². The Labute approximate surface area is 267 Å². The van der Waals surface area contributed by atoms with E-state index in [1.54, 1.807) is 31.2 Å². The Hall–Kier alpha value is -4.79. The SMILES string of the molecule is CCOC(=O)CCCOc1c2c(cc3oc4cc(OCc5ccc(F)cc5)c(OC)c(CC=C(C)C)c4c(=O)c13)OC(C)(C)C=C2. The molecule has 3 aromatic carbocycles. The van der Waals surface area contributed by atoms with E-state index in [4.69, 9.17) is 28.1 Å². The number of halogens is 1. The summed E-state index contributed by atoms with van der Waals surface area (Å²) in [6.07, 6.45) is 6.76. The first-order valence-electron chi connectivity index (χ1n) is 15.4. The fourth-order valence-corrected chi connectivity index (χ4v) is 5.35. The van der Waals surface area contributed by atoms with Gasteiger partial charge in [-0.3, -0.25) is 9.59 Å². The van der Waals surface area contributed by atoms with Crippen molar-refractivity contribution < 1.29 is 37.3 Å². The number of rotatable bonds is 12. The Morgan fingerprint density at radius 1 is 1.02 bits per heavy atom. The minimum atomic E-state index is -0.592. The zero-order valence-electron chi connectivity index (χ0n) is 27.1. The van der Waals surface area contributed by atoms with Crippen molar-refractivity contribution >= 4 is 34.0 Å². The Kier molecular flexibility index (Phi) is 9.70. The van der Waals surface area contributed by atoms with Crippen LogP contribution in [0.3, 0.4) is 0 Å². The van der Waals surface area contributed by atoms with E-state index < -0.39 is 5.60 Å². The van der Waals surface area contributed by atoms with Gasteiger partial charge in [-0.25, -0.2) is 4.39 Å². The average molecular weight is 631 g/mol. The van der Waals surface area contributed by atoms with Crippen molar-refractivity contribution in [1.82, 2.24) is 0 Å². The molecule has 1 aromatic heterocycles. The second-order valence-electron chi connectivity index (χ2n) is 11.9. The standard InChI is InChI=1S/C37H39FO8/c1-7-42-31(39)9-8-18-43-36-25-16-17-37(4,5)46-27(25)19-29-33(36)34(40)32-26(15-10-22(2)3)35(41-6)30(20-28(32)45-29)44-21-23-11-13-24(38)14-12-23/h10-14,16-17,19-20H,7-9,15,18,21H2,1-6H3. The molecule has 4 aromatic rings. The van der Waals surface area contributed by atoms with E-state index in [0.717, 1.165) is 11.1 Å². The molecular formula is C37H39FO8. The Morgan fingerprint density at radius 2 is 1.76 bits per heavy atom. The summed E-state index contributed by atoms with van der Waals surface area (Å²) in [5.74, 6) is 0.967. The van der Waals surface area contributed by atoms with Gasteiger partial charge < -0.3 is 28.1 Å². The summed E-state index contributed by atoms with van der Waals surface area (Å²) in [6.45, 7) is 10.2. The summed E-state index contributed by atoms with van der Waals surface area (Å²) in [4.78, 5) is 26.5. The van der Waals surface area contributed by atoms with Crippen molar-refractivity contribution in [3.05, 3.63) is 86.9 Å².